The first-order valence-electron chi connectivity index (χ1n) is 6.85. The van der Waals surface area contributed by atoms with Crippen LogP contribution in [-0.4, -0.2) is 68.3 Å². The van der Waals surface area contributed by atoms with Crippen LogP contribution in [0.2, 0.25) is 0 Å². The molecule has 0 aromatic carbocycles. The van der Waals surface area contributed by atoms with Crippen molar-refractivity contribution in [3.05, 3.63) is 0 Å². The van der Waals surface area contributed by atoms with Crippen molar-refractivity contribution in [1.29, 1.82) is 0 Å². The maximum absolute atomic E-state index is 12.2. The van der Waals surface area contributed by atoms with Gasteiger partial charge in [-0.15, -0.1) is 0 Å². The Morgan fingerprint density at radius 1 is 1.24 bits per heavy atom. The minimum Gasteiger partial charge on any atom is -0.481 e. The average molecular weight is 320 g/mol. The van der Waals surface area contributed by atoms with E-state index in [-0.39, 0.29) is 25.0 Å². The number of nitrogens with zero attached hydrogens (tertiary/aromatic N) is 1. The maximum Gasteiger partial charge on any atom is 0.311 e. The second-order valence-corrected chi connectivity index (χ2v) is 7.52. The van der Waals surface area contributed by atoms with E-state index in [9.17, 15) is 18.0 Å². The fourth-order valence-corrected chi connectivity index (χ4v) is 3.56. The minimum absolute atomic E-state index is 0.104. The molecule has 2 aliphatic rings. The van der Waals surface area contributed by atoms with Gasteiger partial charge in [0.05, 0.1) is 25.5 Å². The van der Waals surface area contributed by atoms with Gasteiger partial charge < -0.3 is 15.2 Å². The Bertz CT molecular complexity index is 512. The molecule has 2 unspecified atom stereocenters. The molecule has 0 radical (unpaired) electrons. The highest BCUT2D eigenvalue weighted by molar-refractivity contribution is 7.88. The fraction of sp³-hybridized carbons (Fsp3) is 0.833. The van der Waals surface area contributed by atoms with Gasteiger partial charge in [0.2, 0.25) is 15.9 Å². The summed E-state index contributed by atoms with van der Waals surface area (Å²) in [5.74, 6) is -2.20. The number of amides is 1. The first kappa shape index (κ1) is 16.2. The van der Waals surface area contributed by atoms with E-state index in [0.717, 1.165) is 6.26 Å². The van der Waals surface area contributed by atoms with Crippen LogP contribution in [0.3, 0.4) is 0 Å². The molecule has 21 heavy (non-hydrogen) atoms. The highest BCUT2D eigenvalue weighted by Crippen LogP contribution is 2.21. The molecule has 2 N–H and O–H groups in total. The Hall–Kier alpha value is -1.19. The van der Waals surface area contributed by atoms with E-state index in [2.05, 4.69) is 5.32 Å². The Balaban J connectivity index is 1.87. The fourth-order valence-electron chi connectivity index (χ4n) is 2.69. The Morgan fingerprint density at radius 2 is 1.86 bits per heavy atom. The third-order valence-corrected chi connectivity index (χ3v) is 5.32. The van der Waals surface area contributed by atoms with Crippen molar-refractivity contribution in [2.24, 2.45) is 11.8 Å². The lowest BCUT2D eigenvalue weighted by Gasteiger charge is -2.30. The molecule has 0 bridgehead atoms. The molecule has 0 saturated carbocycles. The number of hydrogen-bond donors (Lipinski definition) is 2. The third-order valence-electron chi connectivity index (χ3n) is 4.02. The number of hydrogen-bond acceptors (Lipinski definition) is 5. The summed E-state index contributed by atoms with van der Waals surface area (Å²) in [6.45, 7) is 0.943. The molecule has 8 nitrogen and oxygen atoms in total. The molecule has 0 aliphatic carbocycles. The van der Waals surface area contributed by atoms with Crippen molar-refractivity contribution in [3.63, 3.8) is 0 Å². The predicted octanol–water partition coefficient (Wildman–Crippen LogP) is -1.13. The lowest BCUT2D eigenvalue weighted by molar-refractivity contribution is -0.142. The number of aliphatic carboxylic acids is 1. The molecule has 2 fully saturated rings. The van der Waals surface area contributed by atoms with Crippen LogP contribution in [0.5, 0.6) is 0 Å². The summed E-state index contributed by atoms with van der Waals surface area (Å²) in [7, 11) is -3.21. The van der Waals surface area contributed by atoms with Crippen LogP contribution < -0.4 is 5.32 Å². The molecular weight excluding hydrogens is 300 g/mol. The van der Waals surface area contributed by atoms with Crippen LogP contribution in [-0.2, 0) is 24.3 Å². The van der Waals surface area contributed by atoms with Crippen molar-refractivity contribution in [3.8, 4) is 0 Å². The van der Waals surface area contributed by atoms with Crippen molar-refractivity contribution in [2.75, 3.05) is 32.6 Å². The highest BCUT2D eigenvalue weighted by atomic mass is 32.2. The average Bonchev–Trinajstić information content (AvgIpc) is 2.86. The second kappa shape index (κ2) is 6.29. The van der Waals surface area contributed by atoms with E-state index in [1.807, 2.05) is 0 Å². The molecule has 1 amide bonds. The van der Waals surface area contributed by atoms with Crippen LogP contribution in [0.25, 0.3) is 0 Å². The zero-order chi connectivity index (χ0) is 15.6. The smallest absolute Gasteiger partial charge is 0.311 e. The zero-order valence-electron chi connectivity index (χ0n) is 11.8. The van der Waals surface area contributed by atoms with Gasteiger partial charge in [-0.1, -0.05) is 0 Å². The van der Waals surface area contributed by atoms with Gasteiger partial charge in [-0.25, -0.2) is 12.7 Å². The molecule has 120 valence electrons. The van der Waals surface area contributed by atoms with Crippen molar-refractivity contribution >= 4 is 21.9 Å². The van der Waals surface area contributed by atoms with Gasteiger partial charge in [-0.05, 0) is 12.8 Å². The second-order valence-electron chi connectivity index (χ2n) is 5.53. The molecule has 2 aliphatic heterocycles. The first-order valence-corrected chi connectivity index (χ1v) is 8.70. The lowest BCUT2D eigenvalue weighted by atomic mass is 9.95. The number of carbonyl (C=O) groups excluding carboxylic acids is 1. The standard InChI is InChI=1S/C12H20N2O6S/c1-21(18,19)14-4-2-8(3-5-14)11(15)13-10-7-20-6-9(10)12(16)17/h8-10H,2-7H2,1H3,(H,13,15)(H,16,17). The van der Waals surface area contributed by atoms with Gasteiger partial charge in [0, 0.05) is 19.0 Å². The number of carboxylic acids is 1. The van der Waals surface area contributed by atoms with E-state index in [1.165, 1.54) is 4.31 Å². The molecular formula is C12H20N2O6S. The number of piperidine rings is 1. The van der Waals surface area contributed by atoms with Crippen LogP contribution in [0.15, 0.2) is 0 Å². The molecule has 2 rings (SSSR count). The van der Waals surface area contributed by atoms with E-state index < -0.39 is 28.0 Å². The summed E-state index contributed by atoms with van der Waals surface area (Å²) in [4.78, 5) is 23.2. The summed E-state index contributed by atoms with van der Waals surface area (Å²) >= 11 is 0. The van der Waals surface area contributed by atoms with Crippen LogP contribution in [0.4, 0.5) is 0 Å². The lowest BCUT2D eigenvalue weighted by Crippen LogP contribution is -2.48. The minimum atomic E-state index is -3.21. The van der Waals surface area contributed by atoms with Gasteiger partial charge >= 0.3 is 5.97 Å². The van der Waals surface area contributed by atoms with E-state index in [0.29, 0.717) is 25.9 Å². The normalized spacial score (nSPS) is 28.4. The molecule has 2 atom stereocenters. The highest BCUT2D eigenvalue weighted by Gasteiger charge is 2.37. The number of ether oxygens (including phenoxy) is 1. The number of rotatable bonds is 4. The summed E-state index contributed by atoms with van der Waals surface area (Å²) in [5, 5.41) is 11.7. The number of carboxylic acid groups (broad SMARTS) is 1. The van der Waals surface area contributed by atoms with Crippen LogP contribution in [0, 0.1) is 11.8 Å². The summed E-state index contributed by atoms with van der Waals surface area (Å²) < 4.78 is 29.3. The van der Waals surface area contributed by atoms with Gasteiger partial charge in [0.25, 0.3) is 0 Å². The molecule has 0 aromatic heterocycles. The third kappa shape index (κ3) is 3.92. The molecule has 9 heteroatoms. The van der Waals surface area contributed by atoms with Crippen LogP contribution in [0.1, 0.15) is 12.8 Å². The van der Waals surface area contributed by atoms with Gasteiger partial charge in [-0.3, -0.25) is 9.59 Å². The number of carbonyl (C=O) groups is 2. The molecule has 2 saturated heterocycles. The summed E-state index contributed by atoms with van der Waals surface area (Å²) in [6, 6.07) is -0.511. The SMILES string of the molecule is CS(=O)(=O)N1CCC(C(=O)NC2COCC2C(=O)O)CC1. The largest absolute Gasteiger partial charge is 0.481 e. The molecule has 0 spiro atoms. The molecule has 2 heterocycles. The van der Waals surface area contributed by atoms with Crippen LogP contribution >= 0.6 is 0 Å². The zero-order valence-corrected chi connectivity index (χ0v) is 12.6. The molecule has 0 aromatic rings. The summed E-state index contributed by atoms with van der Waals surface area (Å²) in [6.07, 6.45) is 2.05. The topological polar surface area (TPSA) is 113 Å². The van der Waals surface area contributed by atoms with Crippen molar-refractivity contribution in [2.45, 2.75) is 18.9 Å². The Kier molecular flexibility index (Phi) is 4.84. The Morgan fingerprint density at radius 3 is 2.38 bits per heavy atom. The number of sulfonamides is 1. The van der Waals surface area contributed by atoms with Gasteiger partial charge in [0.1, 0.15) is 5.92 Å². The first-order chi connectivity index (χ1) is 9.79. The van der Waals surface area contributed by atoms with Gasteiger partial charge in [0.15, 0.2) is 0 Å². The van der Waals surface area contributed by atoms with E-state index in [4.69, 9.17) is 9.84 Å². The predicted molar refractivity (Wildman–Crippen MR) is 73.0 cm³/mol. The van der Waals surface area contributed by atoms with Crippen molar-refractivity contribution in [1.82, 2.24) is 9.62 Å². The van der Waals surface area contributed by atoms with Crippen molar-refractivity contribution < 1.29 is 27.9 Å². The monoisotopic (exact) mass is 320 g/mol. The van der Waals surface area contributed by atoms with Gasteiger partial charge in [-0.2, -0.15) is 0 Å². The summed E-state index contributed by atoms with van der Waals surface area (Å²) in [5.41, 5.74) is 0. The van der Waals surface area contributed by atoms with E-state index in [1.54, 1.807) is 0 Å². The maximum atomic E-state index is 12.2. The quantitative estimate of drug-likeness (QED) is 0.678. The number of nitrogens with one attached hydrogen (secondary N) is 1. The van der Waals surface area contributed by atoms with E-state index >= 15 is 0 Å². The Labute approximate surface area is 123 Å².